The average Bonchev–Trinajstić information content (AvgIpc) is 2.88. The van der Waals surface area contributed by atoms with Crippen LogP contribution in [0.15, 0.2) is 48.6 Å². The molecule has 0 bridgehead atoms. The van der Waals surface area contributed by atoms with Gasteiger partial charge in [-0.1, -0.05) is 63.5 Å². The molecule has 0 saturated heterocycles. The lowest BCUT2D eigenvalue weighted by Crippen LogP contribution is -2.13. The van der Waals surface area contributed by atoms with E-state index in [9.17, 15) is 9.90 Å². The van der Waals surface area contributed by atoms with Gasteiger partial charge in [0, 0.05) is 12.0 Å². The minimum Gasteiger partial charge on any atom is -0.491 e. The summed E-state index contributed by atoms with van der Waals surface area (Å²) in [6.07, 6.45) is 11.4. The average molecular weight is 493 g/mol. The Bertz CT molecular complexity index is 1000. The van der Waals surface area contributed by atoms with Gasteiger partial charge >= 0.3 is 5.97 Å². The summed E-state index contributed by atoms with van der Waals surface area (Å²) < 4.78 is 11.1. The summed E-state index contributed by atoms with van der Waals surface area (Å²) >= 11 is 0. The van der Waals surface area contributed by atoms with Crippen LogP contribution in [0.25, 0.3) is 11.1 Å². The number of aryl methyl sites for hydroxylation is 1. The Morgan fingerprint density at radius 3 is 2.50 bits per heavy atom. The molecule has 36 heavy (non-hydrogen) atoms. The van der Waals surface area contributed by atoms with Gasteiger partial charge in [-0.3, -0.25) is 0 Å². The Hall–Kier alpha value is -2.59. The summed E-state index contributed by atoms with van der Waals surface area (Å²) in [5.41, 5.74) is 6.43. The van der Waals surface area contributed by atoms with Gasteiger partial charge < -0.3 is 14.6 Å². The normalized spacial score (nSPS) is 17.6. The van der Waals surface area contributed by atoms with Crippen molar-refractivity contribution in [3.63, 3.8) is 0 Å². The van der Waals surface area contributed by atoms with E-state index in [2.05, 4.69) is 50.8 Å². The lowest BCUT2D eigenvalue weighted by Gasteiger charge is -2.29. The summed E-state index contributed by atoms with van der Waals surface area (Å²) in [5, 5.41) is 9.19. The molecular weight excluding hydrogens is 448 g/mol. The molecule has 2 aromatic rings. The van der Waals surface area contributed by atoms with E-state index in [-0.39, 0.29) is 25.8 Å². The van der Waals surface area contributed by atoms with Crippen molar-refractivity contribution in [3.8, 4) is 16.9 Å². The number of benzene rings is 2. The zero-order valence-electron chi connectivity index (χ0n) is 22.5. The highest BCUT2D eigenvalue weighted by Crippen LogP contribution is 2.39. The first kappa shape index (κ1) is 28.0. The maximum atomic E-state index is 11.8. The minimum absolute atomic E-state index is 0.0486. The molecule has 2 aromatic carbocycles. The van der Waals surface area contributed by atoms with Crippen LogP contribution < -0.4 is 4.74 Å². The lowest BCUT2D eigenvalue weighted by atomic mass is 9.76. The number of carbonyl (C=O) groups excluding carboxylic acids is 1. The molecule has 0 aliphatic heterocycles. The number of aliphatic hydroxyl groups is 1. The maximum Gasteiger partial charge on any atom is 0.333 e. The second-order valence-corrected chi connectivity index (χ2v) is 10.3. The molecule has 0 aromatic heterocycles. The monoisotopic (exact) mass is 492 g/mol. The van der Waals surface area contributed by atoms with Crippen molar-refractivity contribution in [3.05, 3.63) is 65.2 Å². The predicted molar refractivity (Wildman–Crippen MR) is 148 cm³/mol. The Morgan fingerprint density at radius 2 is 1.83 bits per heavy atom. The molecule has 4 nitrogen and oxygen atoms in total. The molecule has 0 radical (unpaired) electrons. The van der Waals surface area contributed by atoms with Crippen LogP contribution in [-0.2, 0) is 16.0 Å². The highest BCUT2D eigenvalue weighted by molar-refractivity contribution is 5.86. The number of hydrogen-bond acceptors (Lipinski definition) is 4. The number of hydrogen-bond donors (Lipinski definition) is 1. The standard InChI is InChI=1S/C32H44O4/c1-5-6-7-8-25-9-11-26(12-10-25)27-13-15-30(24(4)21-27)28-14-16-31(35-20-18-33)29(22-28)17-19-36-32(34)23(2)3/h13-16,21-22,25-26,33H,2,5-12,17-20H2,1,3-4H3. The molecule has 1 saturated carbocycles. The molecule has 0 spiro atoms. The second kappa shape index (κ2) is 14.2. The third-order valence-electron chi connectivity index (χ3n) is 7.46. The number of esters is 1. The highest BCUT2D eigenvalue weighted by atomic mass is 16.5. The highest BCUT2D eigenvalue weighted by Gasteiger charge is 2.22. The first-order valence-electron chi connectivity index (χ1n) is 13.7. The van der Waals surface area contributed by atoms with Gasteiger partial charge in [0.25, 0.3) is 0 Å². The van der Waals surface area contributed by atoms with Crippen molar-refractivity contribution in [1.82, 2.24) is 0 Å². The van der Waals surface area contributed by atoms with Crippen LogP contribution in [0.1, 0.15) is 87.8 Å². The van der Waals surface area contributed by atoms with Gasteiger partial charge in [-0.15, -0.1) is 0 Å². The number of carbonyl (C=O) groups is 1. The lowest BCUT2D eigenvalue weighted by molar-refractivity contribution is -0.138. The molecule has 0 heterocycles. The molecule has 3 rings (SSSR count). The van der Waals surface area contributed by atoms with E-state index in [1.807, 2.05) is 6.07 Å². The van der Waals surface area contributed by atoms with Crippen molar-refractivity contribution < 1.29 is 19.4 Å². The van der Waals surface area contributed by atoms with E-state index in [1.165, 1.54) is 68.1 Å². The molecule has 1 aliphatic rings. The van der Waals surface area contributed by atoms with Crippen LogP contribution in [0.4, 0.5) is 0 Å². The van der Waals surface area contributed by atoms with Crippen molar-refractivity contribution in [2.45, 2.75) is 84.5 Å². The molecule has 1 fully saturated rings. The van der Waals surface area contributed by atoms with Crippen LogP contribution in [0, 0.1) is 12.8 Å². The third kappa shape index (κ3) is 7.96. The fraction of sp³-hybridized carbons (Fsp3) is 0.531. The van der Waals surface area contributed by atoms with Crippen molar-refractivity contribution in [2.24, 2.45) is 5.92 Å². The van der Waals surface area contributed by atoms with Gasteiger partial charge in [0.15, 0.2) is 0 Å². The summed E-state index contributed by atoms with van der Waals surface area (Å²) in [5.74, 6) is 1.93. The molecule has 1 aliphatic carbocycles. The Balaban J connectivity index is 1.70. The zero-order valence-corrected chi connectivity index (χ0v) is 22.5. The Labute approximate surface area is 217 Å². The van der Waals surface area contributed by atoms with Crippen LogP contribution in [0.5, 0.6) is 5.75 Å². The third-order valence-corrected chi connectivity index (χ3v) is 7.46. The van der Waals surface area contributed by atoms with Gasteiger partial charge in [0.1, 0.15) is 12.4 Å². The maximum absolute atomic E-state index is 11.8. The fourth-order valence-corrected chi connectivity index (χ4v) is 5.35. The summed E-state index contributed by atoms with van der Waals surface area (Å²) in [6, 6.07) is 13.1. The van der Waals surface area contributed by atoms with E-state index >= 15 is 0 Å². The van der Waals surface area contributed by atoms with Crippen LogP contribution in [-0.4, -0.2) is 30.9 Å². The number of unbranched alkanes of at least 4 members (excludes halogenated alkanes) is 2. The number of aliphatic hydroxyl groups excluding tert-OH is 1. The molecule has 0 atom stereocenters. The molecule has 0 amide bonds. The summed E-state index contributed by atoms with van der Waals surface area (Å²) in [4.78, 5) is 11.8. The van der Waals surface area contributed by atoms with E-state index < -0.39 is 0 Å². The molecule has 4 heteroatoms. The van der Waals surface area contributed by atoms with Crippen LogP contribution in [0.2, 0.25) is 0 Å². The Morgan fingerprint density at radius 1 is 1.06 bits per heavy atom. The second-order valence-electron chi connectivity index (χ2n) is 10.3. The zero-order chi connectivity index (χ0) is 25.9. The number of rotatable bonds is 13. The molecular formula is C32H44O4. The first-order valence-corrected chi connectivity index (χ1v) is 13.7. The van der Waals surface area contributed by atoms with Gasteiger partial charge in [0.2, 0.25) is 0 Å². The van der Waals surface area contributed by atoms with Gasteiger partial charge in [-0.2, -0.15) is 0 Å². The SMILES string of the molecule is C=C(C)C(=O)OCCc1cc(-c2ccc(C3CCC(CCCCC)CC3)cc2C)ccc1OCCO. The van der Waals surface area contributed by atoms with E-state index in [1.54, 1.807) is 6.92 Å². The van der Waals surface area contributed by atoms with E-state index in [4.69, 9.17) is 9.47 Å². The Kier molecular flexibility index (Phi) is 11.1. The summed E-state index contributed by atoms with van der Waals surface area (Å²) in [6.45, 7) is 10.2. The van der Waals surface area contributed by atoms with Gasteiger partial charge in [-0.25, -0.2) is 4.79 Å². The van der Waals surface area contributed by atoms with E-state index in [0.717, 1.165) is 17.0 Å². The molecule has 196 valence electrons. The van der Waals surface area contributed by atoms with E-state index in [0.29, 0.717) is 23.7 Å². The summed E-state index contributed by atoms with van der Waals surface area (Å²) in [7, 11) is 0. The van der Waals surface area contributed by atoms with Crippen molar-refractivity contribution in [1.29, 1.82) is 0 Å². The minimum atomic E-state index is -0.384. The van der Waals surface area contributed by atoms with Gasteiger partial charge in [-0.05, 0) is 91.3 Å². The molecule has 1 N–H and O–H groups in total. The topological polar surface area (TPSA) is 55.8 Å². The number of ether oxygens (including phenoxy) is 2. The van der Waals surface area contributed by atoms with Crippen LogP contribution in [0.3, 0.4) is 0 Å². The van der Waals surface area contributed by atoms with Crippen molar-refractivity contribution >= 4 is 5.97 Å². The van der Waals surface area contributed by atoms with Crippen LogP contribution >= 0.6 is 0 Å². The van der Waals surface area contributed by atoms with Gasteiger partial charge in [0.05, 0.1) is 13.2 Å². The van der Waals surface area contributed by atoms with Crippen molar-refractivity contribution in [2.75, 3.05) is 19.8 Å². The largest absolute Gasteiger partial charge is 0.491 e. The first-order chi connectivity index (χ1) is 17.4. The smallest absolute Gasteiger partial charge is 0.333 e. The fourth-order valence-electron chi connectivity index (χ4n) is 5.35. The quantitative estimate of drug-likeness (QED) is 0.178. The molecule has 0 unspecified atom stereocenters. The predicted octanol–water partition coefficient (Wildman–Crippen LogP) is 7.55.